The molecule has 0 N–H and O–H groups in total. The summed E-state index contributed by atoms with van der Waals surface area (Å²) in [5.41, 5.74) is 2.12. The van der Waals surface area contributed by atoms with Crippen LogP contribution in [0.2, 0.25) is 0 Å². The lowest BCUT2D eigenvalue weighted by molar-refractivity contribution is 0.479. The van der Waals surface area contributed by atoms with Gasteiger partial charge in [0, 0.05) is 4.47 Å². The van der Waals surface area contributed by atoms with Crippen LogP contribution in [-0.4, -0.2) is 4.98 Å². The Labute approximate surface area is 117 Å². The molecule has 1 aromatic heterocycles. The molecule has 0 fully saturated rings. The molecule has 0 spiro atoms. The molecule has 1 heterocycles. The van der Waals surface area contributed by atoms with Crippen LogP contribution in [0.5, 0.6) is 10.9 Å². The van der Waals surface area contributed by atoms with Crippen molar-refractivity contribution in [1.29, 1.82) is 0 Å². The van der Waals surface area contributed by atoms with Crippen molar-refractivity contribution in [3.63, 3.8) is 0 Å². The van der Waals surface area contributed by atoms with Gasteiger partial charge in [-0.2, -0.15) is 0 Å². The highest BCUT2D eigenvalue weighted by molar-refractivity contribution is 9.10. The van der Waals surface area contributed by atoms with Gasteiger partial charge in [0.1, 0.15) is 5.75 Å². The van der Waals surface area contributed by atoms with Crippen molar-refractivity contribution in [3.8, 4) is 10.9 Å². The Morgan fingerprint density at radius 1 is 1.17 bits per heavy atom. The first-order chi connectivity index (χ1) is 8.72. The van der Waals surface area contributed by atoms with Gasteiger partial charge in [-0.3, -0.25) is 0 Å². The second-order valence-corrected chi connectivity index (χ2v) is 5.81. The summed E-state index contributed by atoms with van der Waals surface area (Å²) in [4.78, 5) is 4.44. The molecule has 2 nitrogen and oxygen atoms in total. The second kappa shape index (κ2) is 4.71. The number of aryl methyl sites for hydroxylation is 1. The van der Waals surface area contributed by atoms with Crippen molar-refractivity contribution in [1.82, 2.24) is 4.98 Å². The average Bonchev–Trinajstić information content (AvgIpc) is 2.76. The number of fused-ring (bicyclic) bond motifs is 1. The fraction of sp³-hybridized carbons (Fsp3) is 0.0714. The van der Waals surface area contributed by atoms with E-state index in [9.17, 15) is 0 Å². The number of nitrogens with zero attached hydrogens (tertiary/aromatic N) is 1. The molecule has 0 aliphatic carbocycles. The fourth-order valence-electron chi connectivity index (χ4n) is 1.68. The summed E-state index contributed by atoms with van der Waals surface area (Å²) in [6.45, 7) is 2.04. The smallest absolute Gasteiger partial charge is 0.279 e. The van der Waals surface area contributed by atoms with Gasteiger partial charge < -0.3 is 4.74 Å². The van der Waals surface area contributed by atoms with Crippen molar-refractivity contribution >= 4 is 37.5 Å². The van der Waals surface area contributed by atoms with E-state index in [4.69, 9.17) is 4.74 Å². The largest absolute Gasteiger partial charge is 0.431 e. The molecule has 90 valence electrons. The molecule has 0 aliphatic rings. The summed E-state index contributed by atoms with van der Waals surface area (Å²) in [7, 11) is 0. The zero-order valence-corrected chi connectivity index (χ0v) is 12.1. The van der Waals surface area contributed by atoms with Crippen LogP contribution in [0.1, 0.15) is 5.56 Å². The highest BCUT2D eigenvalue weighted by Crippen LogP contribution is 2.32. The number of ether oxygens (including phenoxy) is 1. The predicted molar refractivity (Wildman–Crippen MR) is 78.6 cm³/mol. The molecule has 0 saturated carbocycles. The Morgan fingerprint density at radius 3 is 2.78 bits per heavy atom. The zero-order chi connectivity index (χ0) is 12.5. The molecule has 18 heavy (non-hydrogen) atoms. The Balaban J connectivity index is 1.93. The zero-order valence-electron chi connectivity index (χ0n) is 9.68. The van der Waals surface area contributed by atoms with Crippen molar-refractivity contribution in [2.24, 2.45) is 0 Å². The quantitative estimate of drug-likeness (QED) is 0.651. The summed E-state index contributed by atoms with van der Waals surface area (Å²) in [6, 6.07) is 13.9. The molecule has 0 atom stereocenters. The van der Waals surface area contributed by atoms with Crippen LogP contribution in [0.15, 0.2) is 46.9 Å². The first-order valence-corrected chi connectivity index (χ1v) is 7.13. The van der Waals surface area contributed by atoms with Gasteiger partial charge in [-0.05, 0) is 42.8 Å². The minimum atomic E-state index is 0.679. The van der Waals surface area contributed by atoms with Crippen LogP contribution in [0, 0.1) is 6.92 Å². The van der Waals surface area contributed by atoms with Crippen LogP contribution >= 0.6 is 27.3 Å². The molecule has 0 saturated heterocycles. The molecule has 2 aromatic carbocycles. The van der Waals surface area contributed by atoms with Crippen molar-refractivity contribution < 1.29 is 4.74 Å². The lowest BCUT2D eigenvalue weighted by Gasteiger charge is -2.03. The number of hydrogen-bond donors (Lipinski definition) is 0. The Kier molecular flexibility index (Phi) is 3.06. The van der Waals surface area contributed by atoms with Gasteiger partial charge in [0.2, 0.25) is 0 Å². The van der Waals surface area contributed by atoms with Gasteiger partial charge in [-0.15, -0.1) is 0 Å². The van der Waals surface area contributed by atoms with E-state index < -0.39 is 0 Å². The van der Waals surface area contributed by atoms with Gasteiger partial charge in [-0.25, -0.2) is 4.98 Å². The predicted octanol–water partition coefficient (Wildman–Crippen LogP) is 5.16. The van der Waals surface area contributed by atoms with Gasteiger partial charge in [0.05, 0.1) is 10.2 Å². The number of thiazole rings is 1. The number of aromatic nitrogens is 1. The molecule has 4 heteroatoms. The molecule has 0 unspecified atom stereocenters. The summed E-state index contributed by atoms with van der Waals surface area (Å²) < 4.78 is 8.01. The maximum atomic E-state index is 5.79. The van der Waals surface area contributed by atoms with Crippen LogP contribution in [0.3, 0.4) is 0 Å². The minimum Gasteiger partial charge on any atom is -0.431 e. The number of hydrogen-bond acceptors (Lipinski definition) is 3. The maximum absolute atomic E-state index is 5.79. The van der Waals surface area contributed by atoms with Crippen molar-refractivity contribution in [3.05, 3.63) is 52.5 Å². The Morgan fingerprint density at radius 2 is 2.00 bits per heavy atom. The van der Waals surface area contributed by atoms with Gasteiger partial charge in [-0.1, -0.05) is 39.4 Å². The third-order valence-electron chi connectivity index (χ3n) is 2.61. The first-order valence-electron chi connectivity index (χ1n) is 5.52. The summed E-state index contributed by atoms with van der Waals surface area (Å²) >= 11 is 5.03. The van der Waals surface area contributed by atoms with Crippen molar-refractivity contribution in [2.75, 3.05) is 0 Å². The molecule has 0 aliphatic heterocycles. The van der Waals surface area contributed by atoms with Crippen LogP contribution in [0.4, 0.5) is 0 Å². The monoisotopic (exact) mass is 319 g/mol. The van der Waals surface area contributed by atoms with E-state index >= 15 is 0 Å². The van der Waals surface area contributed by atoms with E-state index in [-0.39, 0.29) is 0 Å². The SMILES string of the molecule is Cc1cc(Oc2nc3ccccc3s2)ccc1Br. The van der Waals surface area contributed by atoms with Crippen molar-refractivity contribution in [2.45, 2.75) is 6.92 Å². The van der Waals surface area contributed by atoms with Crippen LogP contribution < -0.4 is 4.74 Å². The first kappa shape index (κ1) is 11.7. The minimum absolute atomic E-state index is 0.679. The lowest BCUT2D eigenvalue weighted by Crippen LogP contribution is -1.84. The Bertz CT molecular complexity index is 675. The summed E-state index contributed by atoms with van der Waals surface area (Å²) in [6.07, 6.45) is 0. The third-order valence-corrected chi connectivity index (χ3v) is 4.41. The number of rotatable bonds is 2. The molecule has 3 rings (SSSR count). The average molecular weight is 320 g/mol. The van der Waals surface area contributed by atoms with E-state index in [1.807, 2.05) is 49.4 Å². The Hall–Kier alpha value is -1.39. The summed E-state index contributed by atoms with van der Waals surface area (Å²) in [5.74, 6) is 0.815. The standard InChI is InChI=1S/C14H10BrNOS/c1-9-8-10(6-7-11(9)15)17-14-16-12-4-2-3-5-13(12)18-14/h2-8H,1H3. The highest BCUT2D eigenvalue weighted by Gasteiger charge is 2.06. The van der Waals surface area contributed by atoms with Crippen LogP contribution in [0.25, 0.3) is 10.2 Å². The fourth-order valence-corrected chi connectivity index (χ4v) is 2.76. The molecular weight excluding hydrogens is 310 g/mol. The third kappa shape index (κ3) is 2.26. The van der Waals surface area contributed by atoms with E-state index in [0.29, 0.717) is 5.19 Å². The van der Waals surface area contributed by atoms with Gasteiger partial charge >= 0.3 is 0 Å². The highest BCUT2D eigenvalue weighted by atomic mass is 79.9. The second-order valence-electron chi connectivity index (χ2n) is 3.96. The topological polar surface area (TPSA) is 22.1 Å². The van der Waals surface area contributed by atoms with Crippen LogP contribution in [-0.2, 0) is 0 Å². The van der Waals surface area contributed by atoms with E-state index in [0.717, 1.165) is 26.0 Å². The lowest BCUT2D eigenvalue weighted by atomic mass is 10.2. The molecule has 3 aromatic rings. The van der Waals surface area contributed by atoms with E-state index in [2.05, 4.69) is 20.9 Å². The molecule has 0 radical (unpaired) electrons. The van der Waals surface area contributed by atoms with Gasteiger partial charge in [0.15, 0.2) is 0 Å². The number of halogens is 1. The van der Waals surface area contributed by atoms with Gasteiger partial charge in [0.25, 0.3) is 5.19 Å². The summed E-state index contributed by atoms with van der Waals surface area (Å²) in [5, 5.41) is 0.679. The normalized spacial score (nSPS) is 10.8. The number of benzene rings is 2. The van der Waals surface area contributed by atoms with E-state index in [1.54, 1.807) is 11.3 Å². The van der Waals surface area contributed by atoms with E-state index in [1.165, 1.54) is 0 Å². The number of para-hydroxylation sites is 1. The molecule has 0 amide bonds. The maximum Gasteiger partial charge on any atom is 0.279 e. The molecule has 0 bridgehead atoms. The molecular formula is C14H10BrNOS.